The first-order valence-electron chi connectivity index (χ1n) is 11.2. The van der Waals surface area contributed by atoms with Gasteiger partial charge in [-0.15, -0.1) is 0 Å². The van der Waals surface area contributed by atoms with Crippen LogP contribution < -0.4 is 10.9 Å². The SMILES string of the molecule is O=C(O)c1c(CN2CCNC(c3cccc(Cl)c3)C2)n(-c2ccccc2)c(=O)c2ccccc12. The standard InChI is InChI=1S/C27H24ClN3O3/c28-19-8-6-7-18(15-19)23-16-30(14-13-29-23)17-24-25(27(33)34)21-11-4-5-12-22(21)26(32)31(24)20-9-2-1-3-10-20/h1-12,15,23,29H,13-14,16-17H2,(H,33,34). The van der Waals surface area contributed by atoms with Gasteiger partial charge in [-0.05, 0) is 35.9 Å². The lowest BCUT2D eigenvalue weighted by Crippen LogP contribution is -2.46. The van der Waals surface area contributed by atoms with Crippen molar-refractivity contribution in [2.45, 2.75) is 12.6 Å². The Balaban J connectivity index is 1.63. The Hall–Kier alpha value is -3.45. The Bertz CT molecular complexity index is 1420. The van der Waals surface area contributed by atoms with Gasteiger partial charge in [0.25, 0.3) is 5.56 Å². The van der Waals surface area contributed by atoms with Gasteiger partial charge in [-0.3, -0.25) is 14.3 Å². The summed E-state index contributed by atoms with van der Waals surface area (Å²) in [4.78, 5) is 28.3. The number of carbonyl (C=O) groups is 1. The number of hydrogen-bond donors (Lipinski definition) is 2. The molecule has 172 valence electrons. The highest BCUT2D eigenvalue weighted by molar-refractivity contribution is 6.30. The normalized spacial score (nSPS) is 16.6. The largest absolute Gasteiger partial charge is 0.478 e. The Morgan fingerprint density at radius 1 is 1.00 bits per heavy atom. The van der Waals surface area contributed by atoms with E-state index in [4.69, 9.17) is 11.6 Å². The van der Waals surface area contributed by atoms with Gasteiger partial charge in [-0.25, -0.2) is 4.79 Å². The highest BCUT2D eigenvalue weighted by Gasteiger charge is 2.27. The van der Waals surface area contributed by atoms with Crippen molar-refractivity contribution in [3.8, 4) is 5.69 Å². The van der Waals surface area contributed by atoms with Crippen LogP contribution in [-0.2, 0) is 6.54 Å². The molecule has 0 aliphatic carbocycles. The molecule has 1 unspecified atom stereocenters. The van der Waals surface area contributed by atoms with E-state index >= 15 is 0 Å². The molecule has 4 aromatic rings. The van der Waals surface area contributed by atoms with Crippen LogP contribution in [0.3, 0.4) is 0 Å². The first-order valence-corrected chi connectivity index (χ1v) is 11.6. The smallest absolute Gasteiger partial charge is 0.338 e. The topological polar surface area (TPSA) is 74.6 Å². The monoisotopic (exact) mass is 473 g/mol. The zero-order valence-corrected chi connectivity index (χ0v) is 19.2. The van der Waals surface area contributed by atoms with E-state index in [9.17, 15) is 14.7 Å². The van der Waals surface area contributed by atoms with Crippen LogP contribution in [-0.4, -0.2) is 40.2 Å². The molecule has 0 saturated carbocycles. The van der Waals surface area contributed by atoms with Crippen molar-refractivity contribution in [2.24, 2.45) is 0 Å². The summed E-state index contributed by atoms with van der Waals surface area (Å²) in [7, 11) is 0. The number of nitrogens with one attached hydrogen (secondary N) is 1. The van der Waals surface area contributed by atoms with Crippen molar-refractivity contribution in [1.29, 1.82) is 0 Å². The van der Waals surface area contributed by atoms with Crippen molar-refractivity contribution >= 4 is 28.3 Å². The minimum atomic E-state index is -1.04. The predicted octanol–water partition coefficient (Wildman–Crippen LogP) is 4.49. The molecule has 1 aromatic heterocycles. The van der Waals surface area contributed by atoms with Crippen molar-refractivity contribution in [3.05, 3.63) is 111 Å². The summed E-state index contributed by atoms with van der Waals surface area (Å²) in [6, 6.07) is 24.0. The summed E-state index contributed by atoms with van der Waals surface area (Å²) >= 11 is 6.20. The minimum Gasteiger partial charge on any atom is -0.478 e. The molecule has 1 saturated heterocycles. The average Bonchev–Trinajstić information content (AvgIpc) is 2.85. The third kappa shape index (κ3) is 4.23. The number of carboxylic acid groups (broad SMARTS) is 1. The van der Waals surface area contributed by atoms with Crippen LogP contribution in [0.1, 0.15) is 27.7 Å². The molecule has 0 amide bonds. The van der Waals surface area contributed by atoms with Crippen molar-refractivity contribution in [3.63, 3.8) is 0 Å². The number of pyridine rings is 1. The number of hydrogen-bond acceptors (Lipinski definition) is 4. The van der Waals surface area contributed by atoms with Gasteiger partial charge in [-0.2, -0.15) is 0 Å². The maximum absolute atomic E-state index is 13.6. The lowest BCUT2D eigenvalue weighted by atomic mass is 10.0. The van der Waals surface area contributed by atoms with Gasteiger partial charge >= 0.3 is 5.97 Å². The fraction of sp³-hybridized carbons (Fsp3) is 0.185. The Kier molecular flexibility index (Phi) is 6.20. The van der Waals surface area contributed by atoms with Crippen LogP contribution in [0.25, 0.3) is 16.5 Å². The molecule has 34 heavy (non-hydrogen) atoms. The highest BCUT2D eigenvalue weighted by Crippen LogP contribution is 2.26. The molecule has 5 rings (SSSR count). The summed E-state index contributed by atoms with van der Waals surface area (Å²) < 4.78 is 1.56. The molecule has 0 spiro atoms. The lowest BCUT2D eigenvalue weighted by molar-refractivity contribution is 0.0695. The molecule has 3 aromatic carbocycles. The molecular formula is C27H24ClN3O3. The van der Waals surface area contributed by atoms with Crippen LogP contribution in [0, 0.1) is 0 Å². The number of aromatic carboxylic acids is 1. The molecular weight excluding hydrogens is 450 g/mol. The van der Waals surface area contributed by atoms with E-state index in [0.717, 1.165) is 18.7 Å². The molecule has 1 atom stereocenters. The highest BCUT2D eigenvalue weighted by atomic mass is 35.5. The number of piperazine rings is 1. The van der Waals surface area contributed by atoms with Gasteiger partial charge < -0.3 is 10.4 Å². The summed E-state index contributed by atoms with van der Waals surface area (Å²) in [6.07, 6.45) is 0. The lowest BCUT2D eigenvalue weighted by Gasteiger charge is -2.35. The van der Waals surface area contributed by atoms with Gasteiger partial charge in [-0.1, -0.05) is 60.1 Å². The van der Waals surface area contributed by atoms with Gasteiger partial charge in [0.1, 0.15) is 0 Å². The fourth-order valence-electron chi connectivity index (χ4n) is 4.75. The number of benzene rings is 3. The van der Waals surface area contributed by atoms with E-state index < -0.39 is 5.97 Å². The van der Waals surface area contributed by atoms with Crippen LogP contribution in [0.5, 0.6) is 0 Å². The summed E-state index contributed by atoms with van der Waals surface area (Å²) in [6.45, 7) is 2.46. The Morgan fingerprint density at radius 3 is 2.47 bits per heavy atom. The molecule has 7 heteroatoms. The zero-order valence-electron chi connectivity index (χ0n) is 18.4. The summed E-state index contributed by atoms with van der Waals surface area (Å²) in [5, 5.41) is 15.3. The summed E-state index contributed by atoms with van der Waals surface area (Å²) in [5.41, 5.74) is 2.15. The third-order valence-corrected chi connectivity index (χ3v) is 6.54. The second-order valence-corrected chi connectivity index (χ2v) is 8.88. The maximum Gasteiger partial charge on any atom is 0.338 e. The van der Waals surface area contributed by atoms with Gasteiger partial charge in [0.05, 0.1) is 11.3 Å². The minimum absolute atomic E-state index is 0.0538. The summed E-state index contributed by atoms with van der Waals surface area (Å²) in [5.74, 6) is -1.04. The second-order valence-electron chi connectivity index (χ2n) is 8.45. The fourth-order valence-corrected chi connectivity index (χ4v) is 4.95. The number of para-hydroxylation sites is 1. The molecule has 0 radical (unpaired) electrons. The number of rotatable bonds is 5. The van der Waals surface area contributed by atoms with E-state index in [2.05, 4.69) is 10.2 Å². The van der Waals surface area contributed by atoms with E-state index in [0.29, 0.717) is 40.3 Å². The van der Waals surface area contributed by atoms with Crippen LogP contribution >= 0.6 is 11.6 Å². The molecule has 2 heterocycles. The molecule has 0 bridgehead atoms. The van der Waals surface area contributed by atoms with Gasteiger partial charge in [0.15, 0.2) is 0 Å². The van der Waals surface area contributed by atoms with Crippen LogP contribution in [0.4, 0.5) is 0 Å². The Labute approximate surface area is 202 Å². The maximum atomic E-state index is 13.6. The molecule has 1 aliphatic heterocycles. The van der Waals surface area contributed by atoms with Crippen LogP contribution in [0.15, 0.2) is 83.7 Å². The zero-order chi connectivity index (χ0) is 23.7. The van der Waals surface area contributed by atoms with Crippen molar-refractivity contribution < 1.29 is 9.90 Å². The van der Waals surface area contributed by atoms with Crippen molar-refractivity contribution in [1.82, 2.24) is 14.8 Å². The van der Waals surface area contributed by atoms with Gasteiger partial charge in [0, 0.05) is 53.7 Å². The first-order chi connectivity index (χ1) is 16.5. The molecule has 1 aliphatic rings. The quantitative estimate of drug-likeness (QED) is 0.447. The number of nitrogens with zero attached hydrogens (tertiary/aromatic N) is 2. The number of aromatic nitrogens is 1. The molecule has 6 nitrogen and oxygen atoms in total. The van der Waals surface area contributed by atoms with Crippen LogP contribution in [0.2, 0.25) is 5.02 Å². The van der Waals surface area contributed by atoms with Crippen molar-refractivity contribution in [2.75, 3.05) is 19.6 Å². The third-order valence-electron chi connectivity index (χ3n) is 6.30. The number of halogens is 1. The Morgan fingerprint density at radius 2 is 1.74 bits per heavy atom. The van der Waals surface area contributed by atoms with E-state index in [1.807, 2.05) is 54.6 Å². The van der Waals surface area contributed by atoms with E-state index in [-0.39, 0.29) is 17.2 Å². The molecule has 1 fully saturated rings. The predicted molar refractivity (Wildman–Crippen MR) is 134 cm³/mol. The first kappa shape index (κ1) is 22.3. The second kappa shape index (κ2) is 9.43. The molecule has 2 N–H and O–H groups in total. The average molecular weight is 474 g/mol. The van der Waals surface area contributed by atoms with Gasteiger partial charge in [0.2, 0.25) is 0 Å². The van der Waals surface area contributed by atoms with E-state index in [1.54, 1.807) is 28.8 Å². The number of carboxylic acids is 1. The van der Waals surface area contributed by atoms with E-state index in [1.165, 1.54) is 0 Å². The number of fused-ring (bicyclic) bond motifs is 1.